The number of hydrogen-bond donors (Lipinski definition) is 0. The zero-order valence-electron chi connectivity index (χ0n) is 21.2. The van der Waals surface area contributed by atoms with E-state index >= 15 is 0 Å². The molecule has 1 aliphatic heterocycles. The van der Waals surface area contributed by atoms with E-state index in [1.807, 2.05) is 41.3 Å². The van der Waals surface area contributed by atoms with Crippen molar-refractivity contribution in [3.05, 3.63) is 71.3 Å². The van der Waals surface area contributed by atoms with Gasteiger partial charge in [-0.3, -0.25) is 4.79 Å². The molecule has 0 saturated carbocycles. The van der Waals surface area contributed by atoms with Crippen LogP contribution in [0.25, 0.3) is 0 Å². The van der Waals surface area contributed by atoms with Crippen LogP contribution in [-0.4, -0.2) is 59.5 Å². The van der Waals surface area contributed by atoms with E-state index in [1.165, 1.54) is 0 Å². The molecule has 1 heterocycles. The fraction of sp³-hybridized carbons (Fsp3) is 0.321. The molecule has 0 radical (unpaired) electrons. The quantitative estimate of drug-likeness (QED) is 0.433. The highest BCUT2D eigenvalue weighted by Gasteiger charge is 2.34. The fourth-order valence-corrected chi connectivity index (χ4v) is 4.45. The number of rotatable bonds is 9. The number of methoxy groups -OCH3 is 5. The summed E-state index contributed by atoms with van der Waals surface area (Å²) in [6, 6.07) is 16.1. The maximum Gasteiger partial charge on any atom is 0.254 e. The van der Waals surface area contributed by atoms with E-state index in [0.29, 0.717) is 53.0 Å². The minimum atomic E-state index is -0.386. The Balaban J connectivity index is 1.74. The van der Waals surface area contributed by atoms with Gasteiger partial charge in [0.15, 0.2) is 23.0 Å². The first-order chi connectivity index (χ1) is 17.5. The molecule has 1 atom stereocenters. The molecule has 0 bridgehead atoms. The van der Waals surface area contributed by atoms with E-state index in [-0.39, 0.29) is 18.6 Å². The molecule has 190 valence electrons. The Kier molecular flexibility index (Phi) is 7.73. The van der Waals surface area contributed by atoms with Crippen molar-refractivity contribution in [1.29, 1.82) is 0 Å². The standard InChI is InChI=1S/C28H31NO7/c1-31-20-12-19(13-21(15-20)32-2)28(30)29-11-10-18-14-26(34-4)27(35-5)16-22(18)23(29)17-36-25-9-7-6-8-24(25)33-3/h6-9,12-16,23H,10-11,17H2,1-5H3/t23-/m1/s1. The highest BCUT2D eigenvalue weighted by molar-refractivity contribution is 5.95. The first kappa shape index (κ1) is 25.0. The molecule has 1 aliphatic rings. The van der Waals surface area contributed by atoms with Crippen molar-refractivity contribution in [2.75, 3.05) is 48.7 Å². The van der Waals surface area contributed by atoms with E-state index in [0.717, 1.165) is 11.1 Å². The molecule has 0 fully saturated rings. The molecular weight excluding hydrogens is 462 g/mol. The Bertz CT molecular complexity index is 1200. The van der Waals surface area contributed by atoms with Gasteiger partial charge in [0.05, 0.1) is 41.6 Å². The number of carbonyl (C=O) groups excluding carboxylic acids is 1. The third-order valence-corrected chi connectivity index (χ3v) is 6.33. The van der Waals surface area contributed by atoms with Gasteiger partial charge in [-0.15, -0.1) is 0 Å². The molecule has 8 nitrogen and oxygen atoms in total. The second kappa shape index (κ2) is 11.1. The Morgan fingerprint density at radius 1 is 0.778 bits per heavy atom. The van der Waals surface area contributed by atoms with Gasteiger partial charge in [0, 0.05) is 18.2 Å². The number of amides is 1. The molecule has 3 aromatic rings. The minimum absolute atomic E-state index is 0.152. The molecule has 0 saturated heterocycles. The fourth-order valence-electron chi connectivity index (χ4n) is 4.45. The Labute approximate surface area is 211 Å². The van der Waals surface area contributed by atoms with Crippen LogP contribution in [0.15, 0.2) is 54.6 Å². The Hall–Kier alpha value is -4.07. The summed E-state index contributed by atoms with van der Waals surface area (Å²) < 4.78 is 33.5. The van der Waals surface area contributed by atoms with Crippen LogP contribution in [-0.2, 0) is 6.42 Å². The van der Waals surface area contributed by atoms with Gasteiger partial charge < -0.3 is 33.3 Å². The average Bonchev–Trinajstić information content (AvgIpc) is 2.94. The van der Waals surface area contributed by atoms with Crippen LogP contribution < -0.4 is 28.4 Å². The summed E-state index contributed by atoms with van der Waals surface area (Å²) in [4.78, 5) is 15.7. The lowest BCUT2D eigenvalue weighted by molar-refractivity contribution is 0.0586. The number of nitrogens with zero attached hydrogens (tertiary/aromatic N) is 1. The smallest absolute Gasteiger partial charge is 0.254 e. The van der Waals surface area contributed by atoms with Gasteiger partial charge in [0.1, 0.15) is 18.1 Å². The lowest BCUT2D eigenvalue weighted by Gasteiger charge is -2.37. The zero-order chi connectivity index (χ0) is 25.7. The summed E-state index contributed by atoms with van der Waals surface area (Å²) in [5.41, 5.74) is 2.49. The number of ether oxygens (including phenoxy) is 6. The summed E-state index contributed by atoms with van der Waals surface area (Å²) in [7, 11) is 7.93. The van der Waals surface area contributed by atoms with Crippen molar-refractivity contribution in [3.63, 3.8) is 0 Å². The van der Waals surface area contributed by atoms with Crippen LogP contribution in [0.4, 0.5) is 0 Å². The number of hydrogen-bond acceptors (Lipinski definition) is 7. The summed E-state index contributed by atoms with van der Waals surface area (Å²) in [5, 5.41) is 0. The normalized spacial score (nSPS) is 14.5. The van der Waals surface area contributed by atoms with Gasteiger partial charge in [-0.1, -0.05) is 12.1 Å². The molecule has 0 unspecified atom stereocenters. The van der Waals surface area contributed by atoms with E-state index < -0.39 is 0 Å². The minimum Gasteiger partial charge on any atom is -0.497 e. The molecule has 0 spiro atoms. The van der Waals surface area contributed by atoms with E-state index in [4.69, 9.17) is 28.4 Å². The van der Waals surface area contributed by atoms with E-state index in [9.17, 15) is 4.79 Å². The van der Waals surface area contributed by atoms with Crippen LogP contribution >= 0.6 is 0 Å². The number of carbonyl (C=O) groups is 1. The van der Waals surface area contributed by atoms with Crippen LogP contribution in [0.2, 0.25) is 0 Å². The average molecular weight is 494 g/mol. The predicted molar refractivity (Wildman–Crippen MR) is 135 cm³/mol. The molecule has 4 rings (SSSR count). The maximum absolute atomic E-state index is 13.8. The lowest BCUT2D eigenvalue weighted by atomic mass is 9.91. The largest absolute Gasteiger partial charge is 0.497 e. The highest BCUT2D eigenvalue weighted by atomic mass is 16.5. The van der Waals surface area contributed by atoms with Gasteiger partial charge in [-0.25, -0.2) is 0 Å². The van der Waals surface area contributed by atoms with Gasteiger partial charge in [-0.05, 0) is 53.9 Å². The molecule has 36 heavy (non-hydrogen) atoms. The monoisotopic (exact) mass is 493 g/mol. The lowest BCUT2D eigenvalue weighted by Crippen LogP contribution is -2.42. The van der Waals surface area contributed by atoms with Gasteiger partial charge >= 0.3 is 0 Å². The molecule has 3 aromatic carbocycles. The maximum atomic E-state index is 13.8. The molecule has 8 heteroatoms. The molecule has 0 aromatic heterocycles. The molecule has 0 N–H and O–H groups in total. The molecule has 1 amide bonds. The van der Waals surface area contributed by atoms with Crippen molar-refractivity contribution in [2.45, 2.75) is 12.5 Å². The SMILES string of the molecule is COc1cc(OC)cc(C(=O)N2CCc3cc(OC)c(OC)cc3[C@H]2COc2ccccc2OC)c1. The van der Waals surface area contributed by atoms with Crippen LogP contribution in [0.1, 0.15) is 27.5 Å². The summed E-state index contributed by atoms with van der Waals surface area (Å²) >= 11 is 0. The Morgan fingerprint density at radius 2 is 1.39 bits per heavy atom. The number of fused-ring (bicyclic) bond motifs is 1. The second-order valence-electron chi connectivity index (χ2n) is 8.23. The van der Waals surface area contributed by atoms with Crippen molar-refractivity contribution >= 4 is 5.91 Å². The molecular formula is C28H31NO7. The number of para-hydroxylation sites is 2. The third-order valence-electron chi connectivity index (χ3n) is 6.33. The van der Waals surface area contributed by atoms with Gasteiger partial charge in [0.25, 0.3) is 5.91 Å². The predicted octanol–water partition coefficient (Wildman–Crippen LogP) is 4.55. The van der Waals surface area contributed by atoms with Crippen molar-refractivity contribution in [2.24, 2.45) is 0 Å². The topological polar surface area (TPSA) is 75.7 Å². The first-order valence-corrected chi connectivity index (χ1v) is 11.6. The summed E-state index contributed by atoms with van der Waals surface area (Å²) in [6.45, 7) is 0.719. The number of benzene rings is 3. The van der Waals surface area contributed by atoms with Gasteiger partial charge in [0.2, 0.25) is 0 Å². The first-order valence-electron chi connectivity index (χ1n) is 11.6. The van der Waals surface area contributed by atoms with Crippen molar-refractivity contribution in [3.8, 4) is 34.5 Å². The zero-order valence-corrected chi connectivity index (χ0v) is 21.2. The second-order valence-corrected chi connectivity index (χ2v) is 8.23. The molecule has 0 aliphatic carbocycles. The highest BCUT2D eigenvalue weighted by Crippen LogP contribution is 2.40. The van der Waals surface area contributed by atoms with E-state index in [2.05, 4.69) is 0 Å². The van der Waals surface area contributed by atoms with Crippen LogP contribution in [0, 0.1) is 0 Å². The van der Waals surface area contributed by atoms with Crippen LogP contribution in [0.5, 0.6) is 34.5 Å². The Morgan fingerprint density at radius 3 is 2.00 bits per heavy atom. The summed E-state index contributed by atoms with van der Waals surface area (Å²) in [5.74, 6) is 3.40. The van der Waals surface area contributed by atoms with Crippen LogP contribution in [0.3, 0.4) is 0 Å². The third kappa shape index (κ3) is 4.98. The van der Waals surface area contributed by atoms with Crippen molar-refractivity contribution < 1.29 is 33.2 Å². The van der Waals surface area contributed by atoms with E-state index in [1.54, 1.807) is 53.7 Å². The summed E-state index contributed by atoms with van der Waals surface area (Å²) in [6.07, 6.45) is 0.660. The van der Waals surface area contributed by atoms with Crippen molar-refractivity contribution in [1.82, 2.24) is 4.90 Å². The van der Waals surface area contributed by atoms with Gasteiger partial charge in [-0.2, -0.15) is 0 Å².